The molecular weight excluding hydrogens is 340 g/mol. The highest BCUT2D eigenvalue weighted by Gasteiger charge is 2.25. The first-order valence-electron chi connectivity index (χ1n) is 6.62. The molecule has 8 heteroatoms. The Morgan fingerprint density at radius 2 is 1.43 bits per heavy atom. The van der Waals surface area contributed by atoms with Gasteiger partial charge >= 0.3 is 10.1 Å². The van der Waals surface area contributed by atoms with Gasteiger partial charge in [0, 0.05) is 0 Å². The van der Waals surface area contributed by atoms with Crippen LogP contribution in [-0.4, -0.2) is 21.4 Å². The van der Waals surface area contributed by atoms with E-state index in [1.807, 2.05) is 6.92 Å². The van der Waals surface area contributed by atoms with Crippen LogP contribution in [0.5, 0.6) is 5.75 Å². The van der Waals surface area contributed by atoms with E-state index in [4.69, 9.17) is 8.74 Å². The average molecular weight is 356 g/mol. The van der Waals surface area contributed by atoms with Crippen LogP contribution in [0.4, 0.5) is 0 Å². The molecule has 23 heavy (non-hydrogen) atoms. The molecule has 0 bridgehead atoms. The van der Waals surface area contributed by atoms with Crippen LogP contribution in [0.15, 0.2) is 46.2 Å². The zero-order valence-corrected chi connectivity index (χ0v) is 14.4. The molecule has 0 amide bonds. The smallest absolute Gasteiger partial charge is 0.339 e. The molecule has 0 aromatic heterocycles. The van der Waals surface area contributed by atoms with Gasteiger partial charge in [0.1, 0.15) is 9.79 Å². The van der Waals surface area contributed by atoms with Gasteiger partial charge in [-0.15, -0.1) is 0 Å². The summed E-state index contributed by atoms with van der Waals surface area (Å²) >= 11 is 0. The van der Waals surface area contributed by atoms with Crippen molar-refractivity contribution in [1.29, 1.82) is 0 Å². The SMILES string of the molecule is Cc1ccc(S(=O)(=O)Oc2ccccc2S(=O)(=O)O)c(C)c1C. The molecule has 0 saturated heterocycles. The van der Waals surface area contributed by atoms with E-state index in [1.165, 1.54) is 18.2 Å². The van der Waals surface area contributed by atoms with E-state index in [0.29, 0.717) is 5.56 Å². The zero-order valence-electron chi connectivity index (χ0n) is 12.8. The molecule has 0 aliphatic carbocycles. The van der Waals surface area contributed by atoms with Gasteiger partial charge in [-0.25, -0.2) is 0 Å². The summed E-state index contributed by atoms with van der Waals surface area (Å²) in [4.78, 5) is -0.657. The summed E-state index contributed by atoms with van der Waals surface area (Å²) < 4.78 is 61.7. The maximum absolute atomic E-state index is 12.5. The van der Waals surface area contributed by atoms with Crippen molar-refractivity contribution < 1.29 is 25.6 Å². The first kappa shape index (κ1) is 17.5. The largest absolute Gasteiger partial charge is 0.377 e. The molecule has 2 aromatic rings. The highest BCUT2D eigenvalue weighted by atomic mass is 32.2. The van der Waals surface area contributed by atoms with Crippen LogP contribution in [0.3, 0.4) is 0 Å². The second-order valence-corrected chi connectivity index (χ2v) is 7.99. The zero-order chi connectivity index (χ0) is 17.4. The van der Waals surface area contributed by atoms with Gasteiger partial charge in [-0.2, -0.15) is 16.8 Å². The molecule has 0 atom stereocenters. The minimum absolute atomic E-state index is 0.0502. The van der Waals surface area contributed by atoms with Crippen molar-refractivity contribution in [2.45, 2.75) is 30.6 Å². The van der Waals surface area contributed by atoms with Crippen molar-refractivity contribution >= 4 is 20.2 Å². The molecule has 124 valence electrons. The number of aryl methyl sites for hydroxylation is 1. The van der Waals surface area contributed by atoms with Crippen LogP contribution in [-0.2, 0) is 20.2 Å². The van der Waals surface area contributed by atoms with Gasteiger partial charge in [0.2, 0.25) is 0 Å². The topological polar surface area (TPSA) is 97.7 Å². The Bertz CT molecular complexity index is 959. The van der Waals surface area contributed by atoms with Gasteiger partial charge in [-0.1, -0.05) is 18.2 Å². The molecule has 0 heterocycles. The minimum atomic E-state index is -4.60. The highest BCUT2D eigenvalue weighted by molar-refractivity contribution is 7.87. The quantitative estimate of drug-likeness (QED) is 0.668. The van der Waals surface area contributed by atoms with Gasteiger partial charge in [0.25, 0.3) is 10.1 Å². The molecule has 0 aliphatic rings. The summed E-state index contributed by atoms with van der Waals surface area (Å²) in [7, 11) is -8.84. The summed E-state index contributed by atoms with van der Waals surface area (Å²) in [6.45, 7) is 5.29. The Hall–Kier alpha value is -1.90. The van der Waals surface area contributed by atoms with Gasteiger partial charge in [-0.3, -0.25) is 4.55 Å². The molecule has 0 saturated carbocycles. The van der Waals surface area contributed by atoms with E-state index in [2.05, 4.69) is 0 Å². The maximum atomic E-state index is 12.5. The lowest BCUT2D eigenvalue weighted by Gasteiger charge is -2.13. The molecule has 0 unspecified atom stereocenters. The normalized spacial score (nSPS) is 12.2. The third-order valence-electron chi connectivity index (χ3n) is 3.60. The van der Waals surface area contributed by atoms with E-state index < -0.39 is 30.9 Å². The van der Waals surface area contributed by atoms with E-state index in [0.717, 1.165) is 23.3 Å². The molecule has 2 rings (SSSR count). The van der Waals surface area contributed by atoms with Crippen molar-refractivity contribution in [3.63, 3.8) is 0 Å². The predicted molar refractivity (Wildman–Crippen MR) is 84.7 cm³/mol. The van der Waals surface area contributed by atoms with Gasteiger partial charge in [0.05, 0.1) is 0 Å². The molecule has 0 fully saturated rings. The van der Waals surface area contributed by atoms with E-state index in [1.54, 1.807) is 19.9 Å². The van der Waals surface area contributed by atoms with Crippen LogP contribution in [0.2, 0.25) is 0 Å². The Morgan fingerprint density at radius 3 is 2.04 bits per heavy atom. The minimum Gasteiger partial charge on any atom is -0.377 e. The molecule has 2 aromatic carbocycles. The van der Waals surface area contributed by atoms with Crippen molar-refractivity contribution in [3.05, 3.63) is 53.1 Å². The number of benzene rings is 2. The lowest BCUT2D eigenvalue weighted by Crippen LogP contribution is -2.14. The second-order valence-electron chi connectivity index (χ2n) is 5.09. The highest BCUT2D eigenvalue weighted by Crippen LogP contribution is 2.29. The van der Waals surface area contributed by atoms with E-state index in [9.17, 15) is 16.8 Å². The van der Waals surface area contributed by atoms with Crippen LogP contribution in [0.1, 0.15) is 16.7 Å². The summed E-state index contributed by atoms with van der Waals surface area (Å²) in [6.07, 6.45) is 0. The first-order chi connectivity index (χ1) is 10.5. The Morgan fingerprint density at radius 1 is 0.826 bits per heavy atom. The second kappa shape index (κ2) is 5.95. The van der Waals surface area contributed by atoms with Crippen LogP contribution >= 0.6 is 0 Å². The number of rotatable bonds is 4. The lowest BCUT2D eigenvalue weighted by atomic mass is 10.1. The van der Waals surface area contributed by atoms with Crippen molar-refractivity contribution in [2.24, 2.45) is 0 Å². The molecule has 1 N–H and O–H groups in total. The lowest BCUT2D eigenvalue weighted by molar-refractivity contribution is 0.463. The number of para-hydroxylation sites is 1. The molecule has 6 nitrogen and oxygen atoms in total. The van der Waals surface area contributed by atoms with Crippen molar-refractivity contribution in [3.8, 4) is 5.75 Å². The molecule has 0 radical (unpaired) electrons. The Balaban J connectivity index is 2.55. The summed E-state index contributed by atoms with van der Waals surface area (Å²) in [5.41, 5.74) is 2.26. The third kappa shape index (κ3) is 3.54. The summed E-state index contributed by atoms with van der Waals surface area (Å²) in [6, 6.07) is 8.04. The molecule has 0 aliphatic heterocycles. The summed E-state index contributed by atoms with van der Waals surface area (Å²) in [5, 5.41) is 0. The maximum Gasteiger partial charge on any atom is 0.339 e. The predicted octanol–water partition coefficient (Wildman–Crippen LogP) is 2.63. The van der Waals surface area contributed by atoms with Gasteiger partial charge in [0.15, 0.2) is 5.75 Å². The molecule has 0 spiro atoms. The monoisotopic (exact) mass is 356 g/mol. The molecular formula is C15H16O6S2. The average Bonchev–Trinajstić information content (AvgIpc) is 2.43. The number of hydrogen-bond donors (Lipinski definition) is 1. The fourth-order valence-corrected chi connectivity index (χ4v) is 4.00. The van der Waals surface area contributed by atoms with Crippen molar-refractivity contribution in [1.82, 2.24) is 0 Å². The standard InChI is InChI=1S/C15H16O6S2/c1-10-8-9-14(12(3)11(10)2)23(19,20)21-13-6-4-5-7-15(13)22(16,17)18/h4-9H,1-3H3,(H,16,17,18). The Labute approximate surface area is 135 Å². The fraction of sp³-hybridized carbons (Fsp3) is 0.200. The third-order valence-corrected chi connectivity index (χ3v) is 5.88. The number of hydrogen-bond acceptors (Lipinski definition) is 5. The van der Waals surface area contributed by atoms with Gasteiger partial charge < -0.3 is 4.18 Å². The Kier molecular flexibility index (Phi) is 4.52. The first-order valence-corrected chi connectivity index (χ1v) is 9.46. The van der Waals surface area contributed by atoms with Crippen molar-refractivity contribution in [2.75, 3.05) is 0 Å². The van der Waals surface area contributed by atoms with E-state index >= 15 is 0 Å². The van der Waals surface area contributed by atoms with E-state index in [-0.39, 0.29) is 4.90 Å². The van der Waals surface area contributed by atoms with Crippen LogP contribution in [0, 0.1) is 20.8 Å². The van der Waals surface area contributed by atoms with Crippen LogP contribution in [0.25, 0.3) is 0 Å². The summed E-state index contributed by atoms with van der Waals surface area (Å²) in [5.74, 6) is -0.451. The van der Waals surface area contributed by atoms with Crippen LogP contribution < -0.4 is 4.18 Å². The van der Waals surface area contributed by atoms with Gasteiger partial charge in [-0.05, 0) is 55.7 Å². The fourth-order valence-electron chi connectivity index (χ4n) is 2.10.